The Labute approximate surface area is 70.8 Å². The fourth-order valence-corrected chi connectivity index (χ4v) is 1.20. The predicted octanol–water partition coefficient (Wildman–Crippen LogP) is 1.46. The Morgan fingerprint density at radius 1 is 1.36 bits per heavy atom. The first-order valence-electron chi connectivity index (χ1n) is 4.70. The van der Waals surface area contributed by atoms with Gasteiger partial charge in [-0.2, -0.15) is 0 Å². The van der Waals surface area contributed by atoms with Crippen molar-refractivity contribution in [1.82, 2.24) is 4.90 Å². The highest BCUT2D eigenvalue weighted by Crippen LogP contribution is 1.99. The molecule has 1 unspecified atom stereocenters. The standard InChI is InChI=1S/C9H22N2/c1-4-6-7-11(5-2)9(3)8-10/h9H,4-8,10H2,1-3H3. The van der Waals surface area contributed by atoms with Gasteiger partial charge in [0.1, 0.15) is 0 Å². The lowest BCUT2D eigenvalue weighted by Gasteiger charge is -2.26. The van der Waals surface area contributed by atoms with E-state index in [1.165, 1.54) is 19.4 Å². The first-order valence-corrected chi connectivity index (χ1v) is 4.70. The summed E-state index contributed by atoms with van der Waals surface area (Å²) in [4.78, 5) is 2.43. The Hall–Kier alpha value is -0.0800. The second-order valence-electron chi connectivity index (χ2n) is 3.07. The zero-order valence-corrected chi connectivity index (χ0v) is 8.14. The molecule has 1 atom stereocenters. The number of nitrogens with zero attached hydrogens (tertiary/aromatic N) is 1. The highest BCUT2D eigenvalue weighted by atomic mass is 15.1. The zero-order valence-electron chi connectivity index (χ0n) is 8.14. The molecule has 68 valence electrons. The molecule has 0 bridgehead atoms. The molecule has 0 heterocycles. The van der Waals surface area contributed by atoms with Crippen molar-refractivity contribution in [3.8, 4) is 0 Å². The van der Waals surface area contributed by atoms with E-state index in [2.05, 4.69) is 25.7 Å². The van der Waals surface area contributed by atoms with Crippen molar-refractivity contribution in [3.63, 3.8) is 0 Å². The van der Waals surface area contributed by atoms with Crippen molar-refractivity contribution < 1.29 is 0 Å². The normalized spacial score (nSPS) is 13.9. The summed E-state index contributed by atoms with van der Waals surface area (Å²) in [6.45, 7) is 9.71. The highest BCUT2D eigenvalue weighted by Gasteiger charge is 2.07. The lowest BCUT2D eigenvalue weighted by Crippen LogP contribution is -2.38. The number of unbranched alkanes of at least 4 members (excludes halogenated alkanes) is 1. The molecular weight excluding hydrogens is 136 g/mol. The molecule has 2 nitrogen and oxygen atoms in total. The van der Waals surface area contributed by atoms with Crippen LogP contribution in [0.15, 0.2) is 0 Å². The molecule has 0 rings (SSSR count). The van der Waals surface area contributed by atoms with E-state index in [1.807, 2.05) is 0 Å². The molecule has 0 aliphatic heterocycles. The Morgan fingerprint density at radius 2 is 2.00 bits per heavy atom. The topological polar surface area (TPSA) is 29.3 Å². The maximum Gasteiger partial charge on any atom is 0.0190 e. The van der Waals surface area contributed by atoms with E-state index in [4.69, 9.17) is 5.73 Å². The summed E-state index contributed by atoms with van der Waals surface area (Å²) in [7, 11) is 0. The minimum Gasteiger partial charge on any atom is -0.329 e. The van der Waals surface area contributed by atoms with Gasteiger partial charge in [-0.15, -0.1) is 0 Å². The fourth-order valence-electron chi connectivity index (χ4n) is 1.20. The van der Waals surface area contributed by atoms with Crippen LogP contribution in [0.1, 0.15) is 33.6 Å². The summed E-state index contributed by atoms with van der Waals surface area (Å²) >= 11 is 0. The van der Waals surface area contributed by atoms with Crippen LogP contribution in [0.3, 0.4) is 0 Å². The maximum absolute atomic E-state index is 5.58. The van der Waals surface area contributed by atoms with Gasteiger partial charge in [0, 0.05) is 12.6 Å². The predicted molar refractivity (Wildman–Crippen MR) is 50.7 cm³/mol. The van der Waals surface area contributed by atoms with Gasteiger partial charge < -0.3 is 5.73 Å². The monoisotopic (exact) mass is 158 g/mol. The largest absolute Gasteiger partial charge is 0.329 e. The van der Waals surface area contributed by atoms with Crippen LogP contribution >= 0.6 is 0 Å². The van der Waals surface area contributed by atoms with Crippen LogP contribution in [-0.2, 0) is 0 Å². The van der Waals surface area contributed by atoms with Crippen molar-refractivity contribution in [2.24, 2.45) is 5.73 Å². The molecule has 0 amide bonds. The van der Waals surface area contributed by atoms with E-state index in [-0.39, 0.29) is 0 Å². The Morgan fingerprint density at radius 3 is 2.36 bits per heavy atom. The van der Waals surface area contributed by atoms with Gasteiger partial charge in [0.25, 0.3) is 0 Å². The van der Waals surface area contributed by atoms with E-state index in [0.717, 1.165) is 13.1 Å². The van der Waals surface area contributed by atoms with Crippen LogP contribution in [-0.4, -0.2) is 30.6 Å². The van der Waals surface area contributed by atoms with E-state index in [0.29, 0.717) is 6.04 Å². The molecule has 0 spiro atoms. The van der Waals surface area contributed by atoms with E-state index in [9.17, 15) is 0 Å². The molecule has 0 aromatic carbocycles. The van der Waals surface area contributed by atoms with Crippen molar-refractivity contribution in [3.05, 3.63) is 0 Å². The second kappa shape index (κ2) is 6.62. The first kappa shape index (κ1) is 10.9. The van der Waals surface area contributed by atoms with Crippen LogP contribution in [0.2, 0.25) is 0 Å². The van der Waals surface area contributed by atoms with E-state index < -0.39 is 0 Å². The molecule has 0 radical (unpaired) electrons. The van der Waals surface area contributed by atoms with E-state index in [1.54, 1.807) is 0 Å². The van der Waals surface area contributed by atoms with Crippen molar-refractivity contribution in [1.29, 1.82) is 0 Å². The molecule has 2 N–H and O–H groups in total. The third-order valence-electron chi connectivity index (χ3n) is 2.17. The van der Waals surface area contributed by atoms with Crippen LogP contribution in [0, 0.1) is 0 Å². The lowest BCUT2D eigenvalue weighted by atomic mass is 10.2. The molecule has 0 aliphatic carbocycles. The molecule has 11 heavy (non-hydrogen) atoms. The smallest absolute Gasteiger partial charge is 0.0190 e. The van der Waals surface area contributed by atoms with Gasteiger partial charge >= 0.3 is 0 Å². The Bertz CT molecular complexity index is 83.6. The lowest BCUT2D eigenvalue weighted by molar-refractivity contribution is 0.221. The molecule has 2 heteroatoms. The summed E-state index contributed by atoms with van der Waals surface area (Å²) in [5, 5.41) is 0. The highest BCUT2D eigenvalue weighted by molar-refractivity contribution is 4.65. The Kier molecular flexibility index (Phi) is 6.57. The number of rotatable bonds is 6. The summed E-state index contributed by atoms with van der Waals surface area (Å²) in [6.07, 6.45) is 2.56. The first-order chi connectivity index (χ1) is 5.26. The maximum atomic E-state index is 5.58. The molecule has 0 saturated carbocycles. The van der Waals surface area contributed by atoms with Gasteiger partial charge in [-0.1, -0.05) is 20.3 Å². The number of nitrogens with two attached hydrogens (primary N) is 1. The quantitative estimate of drug-likeness (QED) is 0.634. The second-order valence-corrected chi connectivity index (χ2v) is 3.07. The van der Waals surface area contributed by atoms with Crippen LogP contribution in [0.4, 0.5) is 0 Å². The van der Waals surface area contributed by atoms with E-state index >= 15 is 0 Å². The van der Waals surface area contributed by atoms with Gasteiger partial charge in [-0.05, 0) is 26.4 Å². The van der Waals surface area contributed by atoms with Crippen LogP contribution in [0.5, 0.6) is 0 Å². The summed E-state index contributed by atoms with van der Waals surface area (Å²) < 4.78 is 0. The molecule has 0 fully saturated rings. The SMILES string of the molecule is CCCCN(CC)C(C)CN. The molecular formula is C9H22N2. The van der Waals surface area contributed by atoms with Gasteiger partial charge in [0.05, 0.1) is 0 Å². The molecule has 0 aromatic heterocycles. The van der Waals surface area contributed by atoms with Gasteiger partial charge in [-0.25, -0.2) is 0 Å². The molecule has 0 aromatic rings. The summed E-state index contributed by atoms with van der Waals surface area (Å²) in [5.41, 5.74) is 5.58. The summed E-state index contributed by atoms with van der Waals surface area (Å²) in [5.74, 6) is 0. The average Bonchev–Trinajstić information content (AvgIpc) is 2.05. The van der Waals surface area contributed by atoms with Crippen LogP contribution < -0.4 is 5.73 Å². The van der Waals surface area contributed by atoms with Crippen molar-refractivity contribution in [2.75, 3.05) is 19.6 Å². The average molecular weight is 158 g/mol. The third-order valence-corrected chi connectivity index (χ3v) is 2.17. The number of hydrogen-bond donors (Lipinski definition) is 1. The van der Waals surface area contributed by atoms with Crippen LogP contribution in [0.25, 0.3) is 0 Å². The minimum absolute atomic E-state index is 0.548. The molecule has 0 aliphatic rings. The zero-order chi connectivity index (χ0) is 8.69. The number of hydrogen-bond acceptors (Lipinski definition) is 2. The van der Waals surface area contributed by atoms with Gasteiger partial charge in [0.2, 0.25) is 0 Å². The third kappa shape index (κ3) is 4.38. The van der Waals surface area contributed by atoms with Crippen molar-refractivity contribution >= 4 is 0 Å². The Balaban J connectivity index is 3.56. The minimum atomic E-state index is 0.548. The molecule has 0 saturated heterocycles. The van der Waals surface area contributed by atoms with Gasteiger partial charge in [-0.3, -0.25) is 4.90 Å². The summed E-state index contributed by atoms with van der Waals surface area (Å²) in [6, 6.07) is 0.548. The number of likely N-dealkylation sites (N-methyl/N-ethyl adjacent to an activating group) is 1. The van der Waals surface area contributed by atoms with Gasteiger partial charge in [0.15, 0.2) is 0 Å². The fraction of sp³-hybridized carbons (Fsp3) is 1.00. The van der Waals surface area contributed by atoms with Crippen molar-refractivity contribution in [2.45, 2.75) is 39.7 Å².